The van der Waals surface area contributed by atoms with Crippen LogP contribution in [0.3, 0.4) is 0 Å². The number of phenolic OH excluding ortho intramolecular Hbond substituents is 1. The van der Waals surface area contributed by atoms with Crippen LogP contribution in [0.4, 0.5) is 5.69 Å². The van der Waals surface area contributed by atoms with Crippen molar-refractivity contribution in [1.29, 1.82) is 0 Å². The Morgan fingerprint density at radius 2 is 1.73 bits per heavy atom. The van der Waals surface area contributed by atoms with Crippen molar-refractivity contribution in [2.45, 2.75) is 13.3 Å². The molecule has 0 aliphatic heterocycles. The summed E-state index contributed by atoms with van der Waals surface area (Å²) in [6.07, 6.45) is 2.48. The summed E-state index contributed by atoms with van der Waals surface area (Å²) in [6.45, 7) is 2.59. The summed E-state index contributed by atoms with van der Waals surface area (Å²) in [7, 11) is 0. The number of aromatic hydroxyl groups is 1. The first-order chi connectivity index (χ1) is 12.7. The molecule has 26 heavy (non-hydrogen) atoms. The fraction of sp³-hybridized carbons (Fsp3) is 0.136. The quantitative estimate of drug-likeness (QED) is 0.515. The highest BCUT2D eigenvalue weighted by molar-refractivity contribution is 9.10. The average Bonchev–Trinajstić information content (AvgIpc) is 2.66. The molecule has 3 aromatic carbocycles. The molecule has 0 fully saturated rings. The van der Waals surface area contributed by atoms with Crippen LogP contribution in [0.1, 0.15) is 23.6 Å². The standard InChI is InChI=1S/C22H20BrNO2/c1-2-26-20-10-8-19(9-11-20)24-15-18-13-17(14-21(23)22(18)25)12-16-6-4-3-5-7-16/h3-11,13-15,25H,2,12H2,1H3. The third-order valence-electron chi connectivity index (χ3n) is 3.90. The van der Waals surface area contributed by atoms with Gasteiger partial charge >= 0.3 is 0 Å². The monoisotopic (exact) mass is 409 g/mol. The van der Waals surface area contributed by atoms with Gasteiger partial charge in [0.05, 0.1) is 16.8 Å². The van der Waals surface area contributed by atoms with Gasteiger partial charge in [0.1, 0.15) is 11.5 Å². The highest BCUT2D eigenvalue weighted by Gasteiger charge is 2.07. The van der Waals surface area contributed by atoms with Crippen LogP contribution in [0, 0.1) is 0 Å². The summed E-state index contributed by atoms with van der Waals surface area (Å²) in [5.41, 5.74) is 3.81. The van der Waals surface area contributed by atoms with Crippen LogP contribution in [0.2, 0.25) is 0 Å². The maximum atomic E-state index is 10.3. The van der Waals surface area contributed by atoms with Crippen LogP contribution in [0.5, 0.6) is 11.5 Å². The zero-order valence-corrected chi connectivity index (χ0v) is 16.1. The molecule has 0 unspecified atom stereocenters. The number of hydrogen-bond acceptors (Lipinski definition) is 3. The van der Waals surface area contributed by atoms with E-state index in [-0.39, 0.29) is 5.75 Å². The van der Waals surface area contributed by atoms with Gasteiger partial charge in [0.25, 0.3) is 0 Å². The Bertz CT molecular complexity index is 890. The molecule has 0 saturated heterocycles. The largest absolute Gasteiger partial charge is 0.506 e. The predicted octanol–water partition coefficient (Wildman–Crippen LogP) is 5.89. The van der Waals surface area contributed by atoms with E-state index < -0.39 is 0 Å². The van der Waals surface area contributed by atoms with Gasteiger partial charge in [0.15, 0.2) is 0 Å². The van der Waals surface area contributed by atoms with Crippen molar-refractivity contribution in [1.82, 2.24) is 0 Å². The van der Waals surface area contributed by atoms with Gasteiger partial charge in [-0.15, -0.1) is 0 Å². The lowest BCUT2D eigenvalue weighted by Crippen LogP contribution is -1.92. The Labute approximate surface area is 162 Å². The molecule has 0 saturated carbocycles. The number of benzene rings is 3. The van der Waals surface area contributed by atoms with Gasteiger partial charge in [-0.1, -0.05) is 30.3 Å². The van der Waals surface area contributed by atoms with Crippen molar-refractivity contribution >= 4 is 27.8 Å². The second kappa shape index (κ2) is 8.68. The second-order valence-electron chi connectivity index (χ2n) is 5.86. The highest BCUT2D eigenvalue weighted by atomic mass is 79.9. The molecule has 3 rings (SSSR count). The third kappa shape index (κ3) is 4.73. The predicted molar refractivity (Wildman–Crippen MR) is 110 cm³/mol. The first kappa shape index (κ1) is 18.2. The number of halogens is 1. The van der Waals surface area contributed by atoms with Gasteiger partial charge in [-0.2, -0.15) is 0 Å². The minimum atomic E-state index is 0.191. The van der Waals surface area contributed by atoms with Crippen LogP contribution in [0.25, 0.3) is 0 Å². The van der Waals surface area contributed by atoms with Gasteiger partial charge in [-0.05, 0) is 76.8 Å². The molecule has 0 aromatic heterocycles. The van der Waals surface area contributed by atoms with Crippen LogP contribution < -0.4 is 4.74 Å². The van der Waals surface area contributed by atoms with Crippen molar-refractivity contribution in [2.24, 2.45) is 4.99 Å². The number of nitrogens with zero attached hydrogens (tertiary/aromatic N) is 1. The first-order valence-electron chi connectivity index (χ1n) is 8.48. The van der Waals surface area contributed by atoms with Crippen molar-refractivity contribution in [2.75, 3.05) is 6.61 Å². The van der Waals surface area contributed by atoms with Crippen LogP contribution in [0.15, 0.2) is 76.2 Å². The molecule has 0 heterocycles. The van der Waals surface area contributed by atoms with Crippen molar-refractivity contribution in [3.63, 3.8) is 0 Å². The fourth-order valence-electron chi connectivity index (χ4n) is 2.65. The van der Waals surface area contributed by atoms with Crippen LogP contribution in [-0.2, 0) is 6.42 Å². The van der Waals surface area contributed by atoms with E-state index in [4.69, 9.17) is 4.74 Å². The molecular formula is C22H20BrNO2. The lowest BCUT2D eigenvalue weighted by Gasteiger charge is -2.08. The molecular weight excluding hydrogens is 390 g/mol. The van der Waals surface area contributed by atoms with E-state index in [2.05, 4.69) is 33.1 Å². The minimum absolute atomic E-state index is 0.191. The van der Waals surface area contributed by atoms with E-state index in [1.165, 1.54) is 5.56 Å². The molecule has 3 nitrogen and oxygen atoms in total. The molecule has 0 atom stereocenters. The van der Waals surface area contributed by atoms with Gasteiger partial charge in [0, 0.05) is 11.8 Å². The average molecular weight is 410 g/mol. The lowest BCUT2D eigenvalue weighted by atomic mass is 10.0. The Morgan fingerprint density at radius 3 is 2.42 bits per heavy atom. The highest BCUT2D eigenvalue weighted by Crippen LogP contribution is 2.30. The molecule has 0 amide bonds. The molecule has 0 aliphatic carbocycles. The van der Waals surface area contributed by atoms with E-state index in [9.17, 15) is 5.11 Å². The summed E-state index contributed by atoms with van der Waals surface area (Å²) < 4.78 is 6.10. The van der Waals surface area contributed by atoms with Crippen LogP contribution >= 0.6 is 15.9 Å². The molecule has 132 valence electrons. The number of hydrogen-bond donors (Lipinski definition) is 1. The third-order valence-corrected chi connectivity index (χ3v) is 4.51. The molecule has 4 heteroatoms. The second-order valence-corrected chi connectivity index (χ2v) is 6.72. The topological polar surface area (TPSA) is 41.8 Å². The Balaban J connectivity index is 1.82. The van der Waals surface area contributed by atoms with E-state index in [0.29, 0.717) is 16.6 Å². The maximum Gasteiger partial charge on any atom is 0.138 e. The van der Waals surface area contributed by atoms with Gasteiger partial charge in [-0.3, -0.25) is 4.99 Å². The number of aliphatic imine (C=N–C) groups is 1. The Hall–Kier alpha value is -2.59. The number of rotatable bonds is 6. The summed E-state index contributed by atoms with van der Waals surface area (Å²) in [4.78, 5) is 4.47. The summed E-state index contributed by atoms with van der Waals surface area (Å²) in [5, 5.41) is 10.3. The van der Waals surface area contributed by atoms with Gasteiger partial charge < -0.3 is 9.84 Å². The van der Waals surface area contributed by atoms with Crippen molar-refractivity contribution in [3.8, 4) is 11.5 Å². The van der Waals surface area contributed by atoms with Gasteiger partial charge in [0.2, 0.25) is 0 Å². The fourth-order valence-corrected chi connectivity index (χ4v) is 3.17. The SMILES string of the molecule is CCOc1ccc(N=Cc2cc(Cc3ccccc3)cc(Br)c2O)cc1. The molecule has 0 bridgehead atoms. The summed E-state index contributed by atoms with van der Waals surface area (Å²) in [6, 6.07) is 21.7. The smallest absolute Gasteiger partial charge is 0.138 e. The van der Waals surface area contributed by atoms with Crippen molar-refractivity contribution in [3.05, 3.63) is 87.9 Å². The Morgan fingerprint density at radius 1 is 1.00 bits per heavy atom. The number of ether oxygens (including phenoxy) is 1. The van der Waals surface area contributed by atoms with E-state index in [1.54, 1.807) is 6.21 Å². The summed E-state index contributed by atoms with van der Waals surface area (Å²) in [5.74, 6) is 1.01. The maximum absolute atomic E-state index is 10.3. The van der Waals surface area contributed by atoms with Gasteiger partial charge in [-0.25, -0.2) is 0 Å². The lowest BCUT2D eigenvalue weighted by molar-refractivity contribution is 0.340. The minimum Gasteiger partial charge on any atom is -0.506 e. The van der Waals surface area contributed by atoms with E-state index in [1.807, 2.05) is 61.5 Å². The summed E-state index contributed by atoms with van der Waals surface area (Å²) >= 11 is 3.44. The zero-order valence-electron chi connectivity index (χ0n) is 14.5. The Kier molecular flexibility index (Phi) is 6.08. The van der Waals surface area contributed by atoms with Crippen LogP contribution in [-0.4, -0.2) is 17.9 Å². The zero-order chi connectivity index (χ0) is 18.4. The first-order valence-corrected chi connectivity index (χ1v) is 9.27. The molecule has 0 spiro atoms. The normalized spacial score (nSPS) is 11.0. The van der Waals surface area contributed by atoms with E-state index in [0.717, 1.165) is 23.4 Å². The molecule has 1 N–H and O–H groups in total. The number of phenols is 1. The van der Waals surface area contributed by atoms with E-state index >= 15 is 0 Å². The molecule has 3 aromatic rings. The molecule has 0 radical (unpaired) electrons. The van der Waals surface area contributed by atoms with Crippen molar-refractivity contribution < 1.29 is 9.84 Å². The molecule has 0 aliphatic rings.